The van der Waals surface area contributed by atoms with Gasteiger partial charge in [0.05, 0.1) is 5.39 Å². The molecule has 1 aromatic heterocycles. The lowest BCUT2D eigenvalue weighted by molar-refractivity contribution is -0.118. The number of rotatable bonds is 5. The van der Waals surface area contributed by atoms with Crippen molar-refractivity contribution in [1.82, 2.24) is 0 Å². The lowest BCUT2D eigenvalue weighted by atomic mass is 10.1. The summed E-state index contributed by atoms with van der Waals surface area (Å²) < 4.78 is 11.6. The molecule has 156 valence electrons. The molecule has 0 aliphatic carbocycles. The molecule has 4 aromatic rings. The van der Waals surface area contributed by atoms with E-state index in [1.807, 2.05) is 25.1 Å². The highest BCUT2D eigenvalue weighted by atomic mass is 35.5. The molecule has 5 nitrogen and oxygen atoms in total. The number of amides is 1. The van der Waals surface area contributed by atoms with Gasteiger partial charge in [-0.25, -0.2) is 0 Å². The molecule has 0 saturated carbocycles. The minimum atomic E-state index is -0.419. The van der Waals surface area contributed by atoms with Gasteiger partial charge in [0.1, 0.15) is 5.58 Å². The zero-order valence-electron chi connectivity index (χ0n) is 16.4. The first-order chi connectivity index (χ1) is 14.9. The highest BCUT2D eigenvalue weighted by Gasteiger charge is 2.19. The van der Waals surface area contributed by atoms with E-state index in [-0.39, 0.29) is 23.5 Å². The number of carbonyl (C=O) groups is 1. The van der Waals surface area contributed by atoms with Crippen molar-refractivity contribution in [3.63, 3.8) is 0 Å². The van der Waals surface area contributed by atoms with Gasteiger partial charge in [0.15, 0.2) is 12.4 Å². The van der Waals surface area contributed by atoms with E-state index < -0.39 is 11.3 Å². The Labute approximate surface area is 188 Å². The zero-order valence-corrected chi connectivity index (χ0v) is 18.0. The average molecular weight is 454 g/mol. The minimum absolute atomic E-state index is 0.0727. The van der Waals surface area contributed by atoms with Crippen LogP contribution in [0, 0.1) is 6.92 Å². The third kappa shape index (κ3) is 4.74. The topological polar surface area (TPSA) is 68.5 Å². The van der Waals surface area contributed by atoms with Crippen molar-refractivity contribution in [2.75, 3.05) is 11.9 Å². The van der Waals surface area contributed by atoms with Gasteiger partial charge < -0.3 is 14.5 Å². The summed E-state index contributed by atoms with van der Waals surface area (Å²) in [5, 5.41) is 3.94. The van der Waals surface area contributed by atoms with Gasteiger partial charge in [-0.3, -0.25) is 9.59 Å². The molecular weight excluding hydrogens is 437 g/mol. The van der Waals surface area contributed by atoms with Crippen molar-refractivity contribution in [2.24, 2.45) is 0 Å². The van der Waals surface area contributed by atoms with Gasteiger partial charge in [-0.2, -0.15) is 0 Å². The maximum Gasteiger partial charge on any atom is 0.262 e. The van der Waals surface area contributed by atoms with E-state index in [1.54, 1.807) is 42.5 Å². The summed E-state index contributed by atoms with van der Waals surface area (Å²) in [6.45, 7) is 1.56. The Balaban J connectivity index is 1.70. The minimum Gasteiger partial charge on any atom is -0.476 e. The van der Waals surface area contributed by atoms with Crippen LogP contribution in [-0.2, 0) is 4.79 Å². The second kappa shape index (κ2) is 8.84. The highest BCUT2D eigenvalue weighted by Crippen LogP contribution is 2.32. The first-order valence-electron chi connectivity index (χ1n) is 9.42. The molecular formula is C24H17Cl2NO4. The fourth-order valence-electron chi connectivity index (χ4n) is 3.13. The number of aryl methyl sites for hydroxylation is 1. The maximum absolute atomic E-state index is 13.2. The summed E-state index contributed by atoms with van der Waals surface area (Å²) in [6.07, 6.45) is 0. The molecule has 7 heteroatoms. The Kier molecular flexibility index (Phi) is 5.98. The summed E-state index contributed by atoms with van der Waals surface area (Å²) >= 11 is 12.0. The molecule has 4 rings (SSSR count). The van der Waals surface area contributed by atoms with Gasteiger partial charge in [0, 0.05) is 21.3 Å². The van der Waals surface area contributed by atoms with Gasteiger partial charge >= 0.3 is 0 Å². The molecule has 0 spiro atoms. The Morgan fingerprint density at radius 1 is 1.00 bits per heavy atom. The summed E-state index contributed by atoms with van der Waals surface area (Å²) in [7, 11) is 0. The Morgan fingerprint density at radius 2 is 1.74 bits per heavy atom. The van der Waals surface area contributed by atoms with E-state index in [9.17, 15) is 9.59 Å². The largest absolute Gasteiger partial charge is 0.476 e. The van der Waals surface area contributed by atoms with Crippen molar-refractivity contribution >= 4 is 45.8 Å². The van der Waals surface area contributed by atoms with Crippen LogP contribution in [0.5, 0.6) is 5.75 Å². The number of ether oxygens (including phenoxy) is 1. The van der Waals surface area contributed by atoms with E-state index in [2.05, 4.69) is 5.32 Å². The van der Waals surface area contributed by atoms with E-state index >= 15 is 0 Å². The van der Waals surface area contributed by atoms with E-state index in [1.165, 1.54) is 6.07 Å². The third-order valence-corrected chi connectivity index (χ3v) is 5.05. The molecule has 0 saturated heterocycles. The first kappa shape index (κ1) is 21.0. The zero-order chi connectivity index (χ0) is 22.0. The van der Waals surface area contributed by atoms with Gasteiger partial charge in [-0.1, -0.05) is 35.3 Å². The summed E-state index contributed by atoms with van der Waals surface area (Å²) in [5.74, 6) is -0.269. The smallest absolute Gasteiger partial charge is 0.262 e. The summed E-state index contributed by atoms with van der Waals surface area (Å²) in [4.78, 5) is 25.6. The maximum atomic E-state index is 13.2. The molecule has 0 bridgehead atoms. The normalized spacial score (nSPS) is 10.8. The number of hydrogen-bond donors (Lipinski definition) is 1. The Bertz CT molecular complexity index is 1330. The molecule has 0 aliphatic rings. The van der Waals surface area contributed by atoms with Crippen LogP contribution >= 0.6 is 23.2 Å². The van der Waals surface area contributed by atoms with Crippen LogP contribution < -0.4 is 15.5 Å². The lowest BCUT2D eigenvalue weighted by Crippen LogP contribution is -2.22. The lowest BCUT2D eigenvalue weighted by Gasteiger charge is -2.12. The second-order valence-electron chi connectivity index (χ2n) is 6.94. The van der Waals surface area contributed by atoms with Crippen molar-refractivity contribution in [3.8, 4) is 17.1 Å². The quantitative estimate of drug-likeness (QED) is 0.396. The molecule has 31 heavy (non-hydrogen) atoms. The molecule has 0 unspecified atom stereocenters. The van der Waals surface area contributed by atoms with Crippen LogP contribution in [0.3, 0.4) is 0 Å². The molecule has 1 N–H and O–H groups in total. The van der Waals surface area contributed by atoms with Crippen molar-refractivity contribution in [1.29, 1.82) is 0 Å². The molecule has 3 aromatic carbocycles. The predicted molar refractivity (Wildman–Crippen MR) is 123 cm³/mol. The fourth-order valence-corrected chi connectivity index (χ4v) is 3.43. The Morgan fingerprint density at radius 3 is 2.48 bits per heavy atom. The van der Waals surface area contributed by atoms with Crippen LogP contribution in [0.2, 0.25) is 10.0 Å². The monoisotopic (exact) mass is 453 g/mol. The summed E-state index contributed by atoms with van der Waals surface area (Å²) in [6, 6.07) is 18.9. The van der Waals surface area contributed by atoms with Gasteiger partial charge in [0.2, 0.25) is 11.2 Å². The average Bonchev–Trinajstić information content (AvgIpc) is 2.74. The number of nitrogens with one attached hydrogen (secondary N) is 1. The van der Waals surface area contributed by atoms with E-state index in [4.69, 9.17) is 32.4 Å². The molecule has 0 aliphatic heterocycles. The van der Waals surface area contributed by atoms with Crippen molar-refractivity contribution in [2.45, 2.75) is 6.92 Å². The van der Waals surface area contributed by atoms with Crippen molar-refractivity contribution < 1.29 is 13.9 Å². The number of carbonyl (C=O) groups excluding carboxylic acids is 1. The third-order valence-electron chi connectivity index (χ3n) is 4.57. The molecule has 0 atom stereocenters. The van der Waals surface area contributed by atoms with Crippen molar-refractivity contribution in [3.05, 3.63) is 92.6 Å². The number of fused-ring (bicyclic) bond motifs is 1. The number of benzene rings is 3. The fraction of sp³-hybridized carbons (Fsp3) is 0.0833. The number of hydrogen-bond acceptors (Lipinski definition) is 4. The van der Waals surface area contributed by atoms with Gasteiger partial charge in [0.25, 0.3) is 5.91 Å². The van der Waals surface area contributed by atoms with Crippen LogP contribution in [0.15, 0.2) is 75.9 Å². The van der Waals surface area contributed by atoms with Gasteiger partial charge in [-0.15, -0.1) is 0 Å². The first-order valence-corrected chi connectivity index (χ1v) is 10.2. The number of anilines is 1. The standard InChI is InChI=1S/C24H17Cl2NO4/c1-14-3-2-4-18(11-14)27-21(28)13-30-24-22(29)19-12-17(26)9-10-20(19)31-23(24)15-5-7-16(25)8-6-15/h2-12H,13H2,1H3,(H,27,28). The van der Waals surface area contributed by atoms with Crippen LogP contribution in [0.25, 0.3) is 22.3 Å². The molecule has 0 radical (unpaired) electrons. The SMILES string of the molecule is Cc1cccc(NC(=O)COc2c(-c3ccc(Cl)cc3)oc3ccc(Cl)cc3c2=O)c1. The second-order valence-corrected chi connectivity index (χ2v) is 7.82. The predicted octanol–water partition coefficient (Wildman–Crippen LogP) is 6.09. The summed E-state index contributed by atoms with van der Waals surface area (Å²) in [5.41, 5.74) is 2.18. The molecule has 0 fully saturated rings. The van der Waals surface area contributed by atoms with Crippen LogP contribution in [0.1, 0.15) is 5.56 Å². The van der Waals surface area contributed by atoms with E-state index in [0.717, 1.165) is 5.56 Å². The highest BCUT2D eigenvalue weighted by molar-refractivity contribution is 6.31. The Hall–Kier alpha value is -3.28. The molecule has 1 amide bonds. The van der Waals surface area contributed by atoms with Crippen LogP contribution in [-0.4, -0.2) is 12.5 Å². The van der Waals surface area contributed by atoms with Crippen LogP contribution in [0.4, 0.5) is 5.69 Å². The number of halogens is 2. The molecule has 1 heterocycles. The van der Waals surface area contributed by atoms with E-state index in [0.29, 0.717) is 26.9 Å². The van der Waals surface area contributed by atoms with Gasteiger partial charge in [-0.05, 0) is 67.1 Å².